The summed E-state index contributed by atoms with van der Waals surface area (Å²) < 4.78 is 28.0. The van der Waals surface area contributed by atoms with Crippen LogP contribution in [0, 0.1) is 18.6 Å². The summed E-state index contributed by atoms with van der Waals surface area (Å²) >= 11 is 0. The Balaban J connectivity index is 1.94. The van der Waals surface area contributed by atoms with Crippen LogP contribution in [0.15, 0.2) is 42.6 Å². The van der Waals surface area contributed by atoms with Crippen LogP contribution in [0.1, 0.15) is 17.8 Å². The summed E-state index contributed by atoms with van der Waals surface area (Å²) in [7, 11) is 0. The highest BCUT2D eigenvalue weighted by atomic mass is 19.2. The lowest BCUT2D eigenvalue weighted by atomic mass is 10.2. The van der Waals surface area contributed by atoms with Crippen LogP contribution in [0.3, 0.4) is 0 Å². The molecule has 3 rings (SSSR count). The number of halogens is 2. The molecule has 26 heavy (non-hydrogen) atoms. The summed E-state index contributed by atoms with van der Waals surface area (Å²) in [6.07, 6.45) is 1.85. The van der Waals surface area contributed by atoms with Gasteiger partial charge in [0.15, 0.2) is 17.5 Å². The van der Waals surface area contributed by atoms with Crippen molar-refractivity contribution in [2.75, 3.05) is 5.32 Å². The van der Waals surface area contributed by atoms with Crippen molar-refractivity contribution in [1.29, 1.82) is 0 Å². The number of nitrogens with zero attached hydrogens (tertiary/aromatic N) is 3. The van der Waals surface area contributed by atoms with Gasteiger partial charge in [-0.2, -0.15) is 0 Å². The van der Waals surface area contributed by atoms with E-state index in [9.17, 15) is 13.6 Å². The third-order valence-corrected chi connectivity index (χ3v) is 3.69. The normalized spacial score (nSPS) is 10.7. The summed E-state index contributed by atoms with van der Waals surface area (Å²) in [5.41, 5.74) is 2.53. The SMILES string of the molecule is Cc1cc(-n2nc(Nc3ccc(F)c(F)c3)cc2CCC(=O)O)ccn1. The highest BCUT2D eigenvalue weighted by Crippen LogP contribution is 2.22. The molecule has 0 atom stereocenters. The summed E-state index contributed by atoms with van der Waals surface area (Å²) in [5.74, 6) is -2.43. The van der Waals surface area contributed by atoms with Crippen LogP contribution in [0.4, 0.5) is 20.3 Å². The quantitative estimate of drug-likeness (QED) is 0.704. The highest BCUT2D eigenvalue weighted by Gasteiger charge is 2.13. The molecule has 3 aromatic rings. The third kappa shape index (κ3) is 4.02. The Morgan fingerprint density at radius 3 is 2.69 bits per heavy atom. The fourth-order valence-corrected chi connectivity index (χ4v) is 2.50. The number of nitrogens with one attached hydrogen (secondary N) is 1. The lowest BCUT2D eigenvalue weighted by Crippen LogP contribution is -2.06. The van der Waals surface area contributed by atoms with Crippen molar-refractivity contribution in [3.63, 3.8) is 0 Å². The van der Waals surface area contributed by atoms with E-state index in [0.717, 1.165) is 23.5 Å². The van der Waals surface area contributed by atoms with Gasteiger partial charge in [0.25, 0.3) is 0 Å². The van der Waals surface area contributed by atoms with Crippen LogP contribution in [0.5, 0.6) is 0 Å². The van der Waals surface area contributed by atoms with Gasteiger partial charge in [0.2, 0.25) is 0 Å². The van der Waals surface area contributed by atoms with Gasteiger partial charge in [0, 0.05) is 41.8 Å². The van der Waals surface area contributed by atoms with Gasteiger partial charge < -0.3 is 10.4 Å². The number of aryl methyl sites for hydroxylation is 2. The molecular formula is C18H16F2N4O2. The molecule has 0 fully saturated rings. The topological polar surface area (TPSA) is 80.0 Å². The maximum absolute atomic E-state index is 13.4. The van der Waals surface area contributed by atoms with Crippen LogP contribution in [0.2, 0.25) is 0 Å². The van der Waals surface area contributed by atoms with E-state index in [-0.39, 0.29) is 12.8 Å². The minimum absolute atomic E-state index is 0.0552. The molecular weight excluding hydrogens is 342 g/mol. The number of hydrogen-bond donors (Lipinski definition) is 2. The van der Waals surface area contributed by atoms with Crippen molar-refractivity contribution < 1.29 is 18.7 Å². The highest BCUT2D eigenvalue weighted by molar-refractivity contribution is 5.67. The van der Waals surface area contributed by atoms with E-state index in [2.05, 4.69) is 15.4 Å². The predicted octanol–water partition coefficient (Wildman–Crippen LogP) is 3.61. The van der Waals surface area contributed by atoms with Crippen molar-refractivity contribution in [2.45, 2.75) is 19.8 Å². The molecule has 2 heterocycles. The van der Waals surface area contributed by atoms with Crippen LogP contribution in [0.25, 0.3) is 5.69 Å². The van der Waals surface area contributed by atoms with E-state index in [1.54, 1.807) is 23.0 Å². The number of carboxylic acids is 1. The Labute approximate surface area is 148 Å². The first-order valence-corrected chi connectivity index (χ1v) is 7.88. The van der Waals surface area contributed by atoms with Crippen LogP contribution in [-0.4, -0.2) is 25.8 Å². The van der Waals surface area contributed by atoms with Crippen LogP contribution in [-0.2, 0) is 11.2 Å². The Bertz CT molecular complexity index is 956. The lowest BCUT2D eigenvalue weighted by molar-refractivity contribution is -0.136. The molecule has 0 amide bonds. The Morgan fingerprint density at radius 1 is 1.19 bits per heavy atom. The maximum atomic E-state index is 13.4. The van der Waals surface area contributed by atoms with Gasteiger partial charge in [-0.05, 0) is 31.2 Å². The Morgan fingerprint density at radius 2 is 2.00 bits per heavy atom. The van der Waals surface area contributed by atoms with E-state index >= 15 is 0 Å². The van der Waals surface area contributed by atoms with Gasteiger partial charge in [-0.25, -0.2) is 13.5 Å². The molecule has 0 radical (unpaired) electrons. The first-order valence-electron chi connectivity index (χ1n) is 7.88. The molecule has 134 valence electrons. The van der Waals surface area contributed by atoms with Crippen molar-refractivity contribution in [1.82, 2.24) is 14.8 Å². The van der Waals surface area contributed by atoms with E-state index in [1.165, 1.54) is 6.07 Å². The standard InChI is InChI=1S/C18H16F2N4O2/c1-11-8-14(6-7-21-11)24-13(3-5-18(25)26)10-17(23-24)22-12-2-4-15(19)16(20)9-12/h2,4,6-10H,3,5H2,1H3,(H,22,23)(H,25,26). The molecule has 0 bridgehead atoms. The molecule has 0 aliphatic rings. The smallest absolute Gasteiger partial charge is 0.303 e. The number of aliphatic carboxylic acids is 1. The zero-order valence-electron chi connectivity index (χ0n) is 13.9. The summed E-state index contributed by atoms with van der Waals surface area (Å²) in [6.45, 7) is 1.84. The average Bonchev–Trinajstić information content (AvgIpc) is 2.99. The molecule has 2 N–H and O–H groups in total. The summed E-state index contributed by atoms with van der Waals surface area (Å²) in [4.78, 5) is 15.0. The van der Waals surface area contributed by atoms with Crippen molar-refractivity contribution in [3.05, 3.63) is 65.6 Å². The van der Waals surface area contributed by atoms with E-state index in [1.807, 2.05) is 13.0 Å². The molecule has 0 aliphatic heterocycles. The third-order valence-electron chi connectivity index (χ3n) is 3.69. The monoisotopic (exact) mass is 358 g/mol. The number of carbonyl (C=O) groups is 1. The molecule has 0 aliphatic carbocycles. The second-order valence-corrected chi connectivity index (χ2v) is 5.74. The van der Waals surface area contributed by atoms with Gasteiger partial charge in [-0.3, -0.25) is 9.78 Å². The fourth-order valence-electron chi connectivity index (χ4n) is 2.50. The summed E-state index contributed by atoms with van der Waals surface area (Å²) in [6, 6.07) is 8.70. The van der Waals surface area contributed by atoms with Gasteiger partial charge in [0.1, 0.15) is 0 Å². The first-order chi connectivity index (χ1) is 12.4. The predicted molar refractivity (Wildman–Crippen MR) is 91.7 cm³/mol. The minimum atomic E-state index is -0.967. The number of pyridine rings is 1. The largest absolute Gasteiger partial charge is 0.481 e. The van der Waals surface area contributed by atoms with Crippen LogP contribution < -0.4 is 5.32 Å². The number of anilines is 2. The number of carboxylic acid groups (broad SMARTS) is 1. The zero-order chi connectivity index (χ0) is 18.7. The van der Waals surface area contributed by atoms with Crippen molar-refractivity contribution >= 4 is 17.5 Å². The first kappa shape index (κ1) is 17.5. The molecule has 8 heteroatoms. The van der Waals surface area contributed by atoms with Gasteiger partial charge in [-0.15, -0.1) is 5.10 Å². The molecule has 0 saturated carbocycles. The van der Waals surface area contributed by atoms with Crippen molar-refractivity contribution in [2.24, 2.45) is 0 Å². The second-order valence-electron chi connectivity index (χ2n) is 5.74. The molecule has 1 aromatic carbocycles. The maximum Gasteiger partial charge on any atom is 0.303 e. The number of rotatable bonds is 6. The molecule has 2 aromatic heterocycles. The van der Waals surface area contributed by atoms with Crippen LogP contribution >= 0.6 is 0 Å². The molecule has 0 unspecified atom stereocenters. The van der Waals surface area contributed by atoms with Gasteiger partial charge >= 0.3 is 5.97 Å². The Hall–Kier alpha value is -3.29. The van der Waals surface area contributed by atoms with Crippen molar-refractivity contribution in [3.8, 4) is 5.69 Å². The Kier molecular flexibility index (Phi) is 4.92. The zero-order valence-corrected chi connectivity index (χ0v) is 13.9. The molecule has 0 spiro atoms. The number of benzene rings is 1. The van der Waals surface area contributed by atoms with E-state index in [0.29, 0.717) is 17.2 Å². The van der Waals surface area contributed by atoms with Gasteiger partial charge in [0.05, 0.1) is 12.1 Å². The van der Waals surface area contributed by atoms with E-state index in [4.69, 9.17) is 5.11 Å². The number of aromatic nitrogens is 3. The second kappa shape index (κ2) is 7.30. The average molecular weight is 358 g/mol. The van der Waals surface area contributed by atoms with E-state index < -0.39 is 17.6 Å². The molecule has 6 nitrogen and oxygen atoms in total. The minimum Gasteiger partial charge on any atom is -0.481 e. The summed E-state index contributed by atoms with van der Waals surface area (Å²) in [5, 5.41) is 16.3. The number of hydrogen-bond acceptors (Lipinski definition) is 4. The lowest BCUT2D eigenvalue weighted by Gasteiger charge is -2.07. The van der Waals surface area contributed by atoms with Gasteiger partial charge in [-0.1, -0.05) is 0 Å². The fraction of sp³-hybridized carbons (Fsp3) is 0.167. The molecule has 0 saturated heterocycles.